The molecule has 1 aliphatic rings. The van der Waals surface area contributed by atoms with Crippen molar-refractivity contribution >= 4 is 21.0 Å². The molecule has 2 atom stereocenters. The van der Waals surface area contributed by atoms with Gasteiger partial charge in [-0.05, 0) is 54.1 Å². The van der Waals surface area contributed by atoms with E-state index in [9.17, 15) is 4.79 Å². The number of hydrogen-bond donors (Lipinski definition) is 0. The van der Waals surface area contributed by atoms with Crippen LogP contribution in [0.25, 0.3) is 0 Å². The van der Waals surface area contributed by atoms with Gasteiger partial charge in [-0.25, -0.2) is 0 Å². The van der Waals surface area contributed by atoms with Gasteiger partial charge in [0.25, 0.3) is 0 Å². The molecule has 1 aromatic rings. The maximum absolute atomic E-state index is 11.9. The molecule has 1 aliphatic heterocycles. The van der Waals surface area contributed by atoms with Gasteiger partial charge in [0.15, 0.2) is 0 Å². The molecule has 0 aromatic heterocycles. The van der Waals surface area contributed by atoms with Crippen molar-refractivity contribution in [3.8, 4) is 0 Å². The van der Waals surface area contributed by atoms with Crippen LogP contribution >= 0.6 is 9.39 Å². The van der Waals surface area contributed by atoms with E-state index < -0.39 is 5.60 Å². The van der Waals surface area contributed by atoms with Crippen LogP contribution in [0.5, 0.6) is 0 Å². The third-order valence-electron chi connectivity index (χ3n) is 3.14. The van der Waals surface area contributed by atoms with Crippen LogP contribution in [0.15, 0.2) is 24.3 Å². The Morgan fingerprint density at radius 1 is 1.42 bits per heavy atom. The Hall–Kier alpha value is -1.08. The molecule has 2 unspecified atom stereocenters. The van der Waals surface area contributed by atoms with Crippen LogP contribution in [0.3, 0.4) is 0 Å². The standard InChI is InChI=1S/C15H22NO2P/c1-15(2,3)18-14(17)9-11-8-12-6-4-5-7-13(12)16(19)10-11/h4-7,11H,8-10,19H2,1-3H3. The Balaban J connectivity index is 2.00. The van der Waals surface area contributed by atoms with Crippen molar-refractivity contribution in [2.75, 3.05) is 11.2 Å². The molecule has 4 heteroatoms. The van der Waals surface area contributed by atoms with E-state index in [1.807, 2.05) is 32.9 Å². The van der Waals surface area contributed by atoms with Gasteiger partial charge in [0.05, 0.1) is 6.42 Å². The van der Waals surface area contributed by atoms with Crippen LogP contribution in [0, 0.1) is 5.92 Å². The molecule has 1 aromatic carbocycles. The summed E-state index contributed by atoms with van der Waals surface area (Å²) in [5.41, 5.74) is 2.15. The Morgan fingerprint density at radius 2 is 2.11 bits per heavy atom. The van der Waals surface area contributed by atoms with E-state index in [0.29, 0.717) is 12.3 Å². The highest BCUT2D eigenvalue weighted by molar-refractivity contribution is 7.19. The highest BCUT2D eigenvalue weighted by Crippen LogP contribution is 2.33. The Labute approximate surface area is 117 Å². The fourth-order valence-corrected chi connectivity index (χ4v) is 3.02. The number of fused-ring (bicyclic) bond motifs is 1. The van der Waals surface area contributed by atoms with Gasteiger partial charge in [-0.15, -0.1) is 0 Å². The second-order valence-electron chi connectivity index (χ2n) is 6.14. The molecule has 0 aliphatic carbocycles. The third-order valence-corrected chi connectivity index (χ3v) is 3.63. The Morgan fingerprint density at radius 3 is 2.79 bits per heavy atom. The number of para-hydroxylation sites is 1. The maximum atomic E-state index is 11.9. The average molecular weight is 279 g/mol. The molecule has 0 radical (unpaired) electrons. The lowest BCUT2D eigenvalue weighted by atomic mass is 9.91. The number of rotatable bonds is 2. The van der Waals surface area contributed by atoms with Gasteiger partial charge in [0.2, 0.25) is 0 Å². The van der Waals surface area contributed by atoms with Gasteiger partial charge in [0.1, 0.15) is 5.60 Å². The fraction of sp³-hybridized carbons (Fsp3) is 0.533. The van der Waals surface area contributed by atoms with Gasteiger partial charge in [-0.3, -0.25) is 4.79 Å². The van der Waals surface area contributed by atoms with E-state index in [4.69, 9.17) is 4.74 Å². The molecule has 0 bridgehead atoms. The monoisotopic (exact) mass is 279 g/mol. The van der Waals surface area contributed by atoms with Crippen LogP contribution in [0.2, 0.25) is 0 Å². The van der Waals surface area contributed by atoms with Crippen LogP contribution < -0.4 is 4.67 Å². The number of ether oxygens (including phenoxy) is 1. The number of benzene rings is 1. The van der Waals surface area contributed by atoms with Crippen LogP contribution in [-0.4, -0.2) is 18.1 Å². The number of hydrogen-bond acceptors (Lipinski definition) is 3. The van der Waals surface area contributed by atoms with Gasteiger partial charge in [-0.1, -0.05) is 18.2 Å². The summed E-state index contributed by atoms with van der Waals surface area (Å²) in [7, 11) is 2.74. The van der Waals surface area contributed by atoms with Crippen molar-refractivity contribution in [1.29, 1.82) is 0 Å². The molecule has 0 fully saturated rings. The van der Waals surface area contributed by atoms with Crippen LogP contribution in [0.1, 0.15) is 32.8 Å². The quantitative estimate of drug-likeness (QED) is 0.615. The number of carbonyl (C=O) groups is 1. The number of nitrogens with zero attached hydrogens (tertiary/aromatic N) is 1. The highest BCUT2D eigenvalue weighted by atomic mass is 31.0. The second kappa shape index (κ2) is 5.50. The molecule has 1 heterocycles. The average Bonchev–Trinajstić information content (AvgIpc) is 2.26. The predicted molar refractivity (Wildman–Crippen MR) is 81.2 cm³/mol. The third kappa shape index (κ3) is 3.94. The van der Waals surface area contributed by atoms with Gasteiger partial charge in [-0.2, -0.15) is 0 Å². The molecule has 3 nitrogen and oxygen atoms in total. The second-order valence-corrected chi connectivity index (χ2v) is 6.77. The zero-order chi connectivity index (χ0) is 14.0. The molecular weight excluding hydrogens is 257 g/mol. The summed E-state index contributed by atoms with van der Waals surface area (Å²) in [5, 5.41) is 0. The molecule has 104 valence electrons. The minimum atomic E-state index is -0.399. The van der Waals surface area contributed by atoms with Gasteiger partial charge in [0, 0.05) is 12.2 Å². The van der Waals surface area contributed by atoms with Crippen LogP contribution in [0.4, 0.5) is 5.69 Å². The number of esters is 1. The lowest BCUT2D eigenvalue weighted by molar-refractivity contribution is -0.155. The Bertz CT molecular complexity index is 467. The van der Waals surface area contributed by atoms with E-state index in [0.717, 1.165) is 13.0 Å². The SMILES string of the molecule is CC(C)(C)OC(=O)CC1Cc2ccccc2N(P)C1. The van der Waals surface area contributed by atoms with Crippen molar-refractivity contribution < 1.29 is 9.53 Å². The summed E-state index contributed by atoms with van der Waals surface area (Å²) in [4.78, 5) is 11.9. The van der Waals surface area contributed by atoms with E-state index in [2.05, 4.69) is 26.2 Å². The normalized spacial score (nSPS) is 18.9. The molecule has 0 amide bonds. The molecule has 2 rings (SSSR count). The van der Waals surface area contributed by atoms with Gasteiger partial charge < -0.3 is 9.41 Å². The van der Waals surface area contributed by atoms with Crippen LogP contribution in [-0.2, 0) is 16.0 Å². The summed E-state index contributed by atoms with van der Waals surface area (Å²) >= 11 is 0. The van der Waals surface area contributed by atoms with E-state index in [1.165, 1.54) is 11.3 Å². The minimum absolute atomic E-state index is 0.102. The minimum Gasteiger partial charge on any atom is -0.460 e. The predicted octanol–water partition coefficient (Wildman–Crippen LogP) is 3.19. The van der Waals surface area contributed by atoms with Crippen molar-refractivity contribution in [1.82, 2.24) is 0 Å². The van der Waals surface area contributed by atoms with Crippen molar-refractivity contribution in [2.24, 2.45) is 5.92 Å². The van der Waals surface area contributed by atoms with Crippen molar-refractivity contribution in [3.05, 3.63) is 29.8 Å². The van der Waals surface area contributed by atoms with Gasteiger partial charge >= 0.3 is 5.97 Å². The summed E-state index contributed by atoms with van der Waals surface area (Å²) in [6.07, 6.45) is 1.43. The van der Waals surface area contributed by atoms with E-state index in [-0.39, 0.29) is 5.97 Å². The maximum Gasteiger partial charge on any atom is 0.306 e. The highest BCUT2D eigenvalue weighted by Gasteiger charge is 2.26. The lowest BCUT2D eigenvalue weighted by Gasteiger charge is -2.33. The molecule has 19 heavy (non-hydrogen) atoms. The molecule has 0 saturated heterocycles. The first-order chi connectivity index (χ1) is 8.85. The molecular formula is C15H22NO2P. The molecule has 0 N–H and O–H groups in total. The summed E-state index contributed by atoms with van der Waals surface area (Å²) in [6.45, 7) is 6.59. The van der Waals surface area contributed by atoms with Crippen molar-refractivity contribution in [2.45, 2.75) is 39.2 Å². The van der Waals surface area contributed by atoms with E-state index in [1.54, 1.807) is 0 Å². The smallest absolute Gasteiger partial charge is 0.306 e. The zero-order valence-electron chi connectivity index (χ0n) is 11.8. The topological polar surface area (TPSA) is 29.5 Å². The Kier molecular flexibility index (Phi) is 4.15. The lowest BCUT2D eigenvalue weighted by Crippen LogP contribution is -2.32. The first-order valence-electron chi connectivity index (χ1n) is 6.67. The summed E-state index contributed by atoms with van der Waals surface area (Å²) in [5.74, 6) is 0.220. The summed E-state index contributed by atoms with van der Waals surface area (Å²) < 4.78 is 7.55. The van der Waals surface area contributed by atoms with E-state index >= 15 is 0 Å². The largest absolute Gasteiger partial charge is 0.460 e. The van der Waals surface area contributed by atoms with Crippen molar-refractivity contribution in [3.63, 3.8) is 0 Å². The first-order valence-corrected chi connectivity index (χ1v) is 7.19. The number of anilines is 1. The molecule has 0 saturated carbocycles. The number of carbonyl (C=O) groups excluding carboxylic acids is 1. The molecule has 0 spiro atoms. The first kappa shape index (κ1) is 14.3. The summed E-state index contributed by atoms with van der Waals surface area (Å²) in [6, 6.07) is 8.34. The zero-order valence-corrected chi connectivity index (χ0v) is 13.0. The fourth-order valence-electron chi connectivity index (χ4n) is 2.47.